The predicted molar refractivity (Wildman–Crippen MR) is 96.8 cm³/mol. The number of carbonyl (C=O) groups excluding carboxylic acids is 1. The Labute approximate surface area is 147 Å². The summed E-state index contributed by atoms with van der Waals surface area (Å²) >= 11 is 0. The molecule has 0 fully saturated rings. The smallest absolute Gasteiger partial charge is 0.310 e. The van der Waals surface area contributed by atoms with Crippen molar-refractivity contribution in [2.24, 2.45) is 0 Å². The van der Waals surface area contributed by atoms with Gasteiger partial charge in [0.2, 0.25) is 0 Å². The molecule has 25 heavy (non-hydrogen) atoms. The lowest BCUT2D eigenvalue weighted by Gasteiger charge is -2.08. The third-order valence-electron chi connectivity index (χ3n) is 4.24. The van der Waals surface area contributed by atoms with E-state index in [1.165, 1.54) is 5.56 Å². The summed E-state index contributed by atoms with van der Waals surface area (Å²) in [6.07, 6.45) is 1.78. The van der Waals surface area contributed by atoms with Crippen molar-refractivity contribution in [1.29, 1.82) is 0 Å². The Bertz CT molecular complexity index is 859. The van der Waals surface area contributed by atoms with Gasteiger partial charge in [0.1, 0.15) is 17.9 Å². The minimum Gasteiger partial charge on any atom is -0.497 e. The molecule has 0 amide bonds. The lowest BCUT2D eigenvalue weighted by molar-refractivity contribution is -0.144. The summed E-state index contributed by atoms with van der Waals surface area (Å²) in [5.74, 6) is 0.942. The van der Waals surface area contributed by atoms with Crippen LogP contribution in [-0.4, -0.2) is 13.1 Å². The molecule has 0 atom stereocenters. The Hall–Kier alpha value is -2.75. The Morgan fingerprint density at radius 1 is 1.12 bits per heavy atom. The molecule has 3 aromatic rings. The van der Waals surface area contributed by atoms with Gasteiger partial charge >= 0.3 is 5.97 Å². The first-order valence-electron chi connectivity index (χ1n) is 8.35. The Balaban J connectivity index is 1.61. The average molecular weight is 338 g/mol. The second kappa shape index (κ2) is 7.43. The summed E-state index contributed by atoms with van der Waals surface area (Å²) in [5.41, 5.74) is 3.78. The van der Waals surface area contributed by atoms with E-state index in [1.807, 2.05) is 24.3 Å². The van der Waals surface area contributed by atoms with Crippen molar-refractivity contribution in [2.45, 2.75) is 32.8 Å². The van der Waals surface area contributed by atoms with Crippen LogP contribution in [0.5, 0.6) is 5.75 Å². The molecular weight excluding hydrogens is 316 g/mol. The zero-order valence-corrected chi connectivity index (χ0v) is 14.7. The highest BCUT2D eigenvalue weighted by Gasteiger charge is 2.12. The molecular formula is C21H22O4. The van der Waals surface area contributed by atoms with Gasteiger partial charge in [0.05, 0.1) is 19.8 Å². The lowest BCUT2D eigenvalue weighted by atomic mass is 10.0. The largest absolute Gasteiger partial charge is 0.497 e. The van der Waals surface area contributed by atoms with E-state index in [9.17, 15) is 4.79 Å². The SMILES string of the molecule is COc1ccc2c(CC(=O)OCc3ccc(C(C)C)cc3)coc2c1. The number of furan rings is 1. The van der Waals surface area contributed by atoms with Gasteiger partial charge in [-0.3, -0.25) is 4.79 Å². The minimum atomic E-state index is -0.272. The van der Waals surface area contributed by atoms with Crippen molar-refractivity contribution < 1.29 is 18.7 Å². The zero-order chi connectivity index (χ0) is 17.8. The second-order valence-electron chi connectivity index (χ2n) is 6.36. The van der Waals surface area contributed by atoms with Crippen LogP contribution in [0.4, 0.5) is 0 Å². The van der Waals surface area contributed by atoms with E-state index >= 15 is 0 Å². The van der Waals surface area contributed by atoms with Crippen LogP contribution < -0.4 is 4.74 Å². The van der Waals surface area contributed by atoms with Gasteiger partial charge in [0, 0.05) is 17.0 Å². The number of methoxy groups -OCH3 is 1. The molecule has 4 heteroatoms. The van der Waals surface area contributed by atoms with Crippen molar-refractivity contribution in [2.75, 3.05) is 7.11 Å². The van der Waals surface area contributed by atoms with Crippen LogP contribution in [0.3, 0.4) is 0 Å². The molecule has 3 rings (SSSR count). The third-order valence-corrected chi connectivity index (χ3v) is 4.24. The van der Waals surface area contributed by atoms with Gasteiger partial charge in [-0.2, -0.15) is 0 Å². The summed E-state index contributed by atoms with van der Waals surface area (Å²) < 4.78 is 16.1. The van der Waals surface area contributed by atoms with E-state index < -0.39 is 0 Å². The fraction of sp³-hybridized carbons (Fsp3) is 0.286. The highest BCUT2D eigenvalue weighted by molar-refractivity contribution is 5.86. The van der Waals surface area contributed by atoms with Crippen molar-refractivity contribution in [3.63, 3.8) is 0 Å². The summed E-state index contributed by atoms with van der Waals surface area (Å²) in [7, 11) is 1.61. The van der Waals surface area contributed by atoms with Gasteiger partial charge in [-0.05, 0) is 29.2 Å². The van der Waals surface area contributed by atoms with Crippen LogP contribution in [0.1, 0.15) is 36.5 Å². The predicted octanol–water partition coefficient (Wildman–Crippen LogP) is 4.85. The van der Waals surface area contributed by atoms with Gasteiger partial charge in [-0.1, -0.05) is 38.1 Å². The number of carbonyl (C=O) groups is 1. The molecule has 0 saturated carbocycles. The molecule has 0 bridgehead atoms. The van der Waals surface area contributed by atoms with E-state index in [4.69, 9.17) is 13.9 Å². The monoisotopic (exact) mass is 338 g/mol. The van der Waals surface area contributed by atoms with Crippen LogP contribution in [0.25, 0.3) is 11.0 Å². The van der Waals surface area contributed by atoms with Crippen LogP contribution in [-0.2, 0) is 22.6 Å². The van der Waals surface area contributed by atoms with Crippen molar-refractivity contribution in [3.8, 4) is 5.75 Å². The number of ether oxygens (including phenoxy) is 2. The van der Waals surface area contributed by atoms with Crippen LogP contribution >= 0.6 is 0 Å². The number of hydrogen-bond acceptors (Lipinski definition) is 4. The molecule has 2 aromatic carbocycles. The third kappa shape index (κ3) is 4.02. The van der Waals surface area contributed by atoms with Gasteiger partial charge in [-0.15, -0.1) is 0 Å². The Morgan fingerprint density at radius 2 is 1.88 bits per heavy atom. The Morgan fingerprint density at radius 3 is 2.56 bits per heavy atom. The standard InChI is InChI=1S/C21H22O4/c1-14(2)16-6-4-15(5-7-16)12-25-21(22)10-17-13-24-20-11-18(23-3)8-9-19(17)20/h4-9,11,13-14H,10,12H2,1-3H3. The van der Waals surface area contributed by atoms with E-state index in [2.05, 4.69) is 26.0 Å². The molecule has 1 aromatic heterocycles. The number of benzene rings is 2. The molecule has 0 aliphatic carbocycles. The first-order valence-corrected chi connectivity index (χ1v) is 8.35. The fourth-order valence-electron chi connectivity index (χ4n) is 2.70. The van der Waals surface area contributed by atoms with E-state index in [1.54, 1.807) is 19.4 Å². The molecule has 0 N–H and O–H groups in total. The first kappa shape index (κ1) is 17.1. The average Bonchev–Trinajstić information content (AvgIpc) is 3.02. The van der Waals surface area contributed by atoms with Crippen molar-refractivity contribution >= 4 is 16.9 Å². The molecule has 130 valence electrons. The molecule has 1 heterocycles. The van der Waals surface area contributed by atoms with Gasteiger partial charge in [-0.25, -0.2) is 0 Å². The van der Waals surface area contributed by atoms with Gasteiger partial charge in [0.15, 0.2) is 0 Å². The van der Waals surface area contributed by atoms with Crippen molar-refractivity contribution in [1.82, 2.24) is 0 Å². The summed E-state index contributed by atoms with van der Waals surface area (Å²) in [4.78, 5) is 12.1. The topological polar surface area (TPSA) is 48.7 Å². The lowest BCUT2D eigenvalue weighted by Crippen LogP contribution is -2.07. The highest BCUT2D eigenvalue weighted by atomic mass is 16.5. The van der Waals surface area contributed by atoms with E-state index in [0.717, 1.165) is 22.3 Å². The molecule has 0 aliphatic rings. The quantitative estimate of drug-likeness (QED) is 0.603. The van der Waals surface area contributed by atoms with Gasteiger partial charge < -0.3 is 13.9 Å². The number of esters is 1. The first-order chi connectivity index (χ1) is 12.1. The number of fused-ring (bicyclic) bond motifs is 1. The van der Waals surface area contributed by atoms with Crippen molar-refractivity contribution in [3.05, 3.63) is 65.4 Å². The second-order valence-corrected chi connectivity index (χ2v) is 6.36. The molecule has 0 unspecified atom stereocenters. The van der Waals surface area contributed by atoms with E-state index in [0.29, 0.717) is 11.5 Å². The highest BCUT2D eigenvalue weighted by Crippen LogP contribution is 2.26. The van der Waals surface area contributed by atoms with Crippen LogP contribution in [0.15, 0.2) is 53.1 Å². The molecule has 0 spiro atoms. The maximum atomic E-state index is 12.1. The van der Waals surface area contributed by atoms with Crippen LogP contribution in [0.2, 0.25) is 0 Å². The Kier molecular flexibility index (Phi) is 5.08. The summed E-state index contributed by atoms with van der Waals surface area (Å²) in [6.45, 7) is 4.58. The number of rotatable bonds is 6. The van der Waals surface area contributed by atoms with Gasteiger partial charge in [0.25, 0.3) is 0 Å². The fourth-order valence-corrected chi connectivity index (χ4v) is 2.70. The maximum Gasteiger partial charge on any atom is 0.310 e. The number of hydrogen-bond donors (Lipinski definition) is 0. The van der Waals surface area contributed by atoms with Crippen LogP contribution in [0, 0.1) is 0 Å². The summed E-state index contributed by atoms with van der Waals surface area (Å²) in [6, 6.07) is 13.7. The molecule has 0 saturated heterocycles. The van der Waals surface area contributed by atoms with E-state index in [-0.39, 0.29) is 19.0 Å². The molecule has 4 nitrogen and oxygen atoms in total. The minimum absolute atomic E-state index is 0.184. The molecule has 0 radical (unpaired) electrons. The normalized spacial score (nSPS) is 11.0. The molecule has 0 aliphatic heterocycles. The maximum absolute atomic E-state index is 12.1. The zero-order valence-electron chi connectivity index (χ0n) is 14.7. The summed E-state index contributed by atoms with van der Waals surface area (Å²) in [5, 5.41) is 0.902.